The standard InChI is InChI=1S/C17H14N2O3/c1-10-6-2-5-9-13(10)19-16(21)12-8-4-3-7-11(12)14(15(18)20)17(19)22/h2-9,14H,1H3,(H2,18,20). The Bertz CT molecular complexity index is 798. The molecule has 0 saturated carbocycles. The predicted octanol–water partition coefficient (Wildman–Crippen LogP) is 1.75. The molecule has 2 aromatic carbocycles. The van der Waals surface area contributed by atoms with E-state index in [4.69, 9.17) is 5.73 Å². The molecule has 2 aromatic rings. The number of fused-ring (bicyclic) bond motifs is 1. The predicted molar refractivity (Wildman–Crippen MR) is 81.4 cm³/mol. The number of hydrogen-bond acceptors (Lipinski definition) is 3. The van der Waals surface area contributed by atoms with Crippen molar-refractivity contribution in [1.29, 1.82) is 0 Å². The van der Waals surface area contributed by atoms with E-state index in [1.54, 1.807) is 49.4 Å². The quantitative estimate of drug-likeness (QED) is 0.677. The molecule has 2 N–H and O–H groups in total. The maximum atomic E-state index is 12.7. The van der Waals surface area contributed by atoms with Gasteiger partial charge in [-0.05, 0) is 30.2 Å². The lowest BCUT2D eigenvalue weighted by Crippen LogP contribution is -2.48. The minimum Gasteiger partial charge on any atom is -0.369 e. The molecule has 0 radical (unpaired) electrons. The van der Waals surface area contributed by atoms with E-state index in [-0.39, 0.29) is 0 Å². The average Bonchev–Trinajstić information content (AvgIpc) is 2.49. The summed E-state index contributed by atoms with van der Waals surface area (Å²) in [6, 6.07) is 13.6. The number of hydrogen-bond donors (Lipinski definition) is 1. The maximum absolute atomic E-state index is 12.7. The molecule has 22 heavy (non-hydrogen) atoms. The van der Waals surface area contributed by atoms with Crippen molar-refractivity contribution in [3.8, 4) is 0 Å². The number of nitrogens with two attached hydrogens (primary N) is 1. The van der Waals surface area contributed by atoms with Gasteiger partial charge in [0.15, 0.2) is 0 Å². The summed E-state index contributed by atoms with van der Waals surface area (Å²) in [6.45, 7) is 1.80. The summed E-state index contributed by atoms with van der Waals surface area (Å²) in [5.41, 5.74) is 7.34. The fourth-order valence-corrected chi connectivity index (χ4v) is 2.74. The lowest BCUT2D eigenvalue weighted by Gasteiger charge is -2.31. The Morgan fingerprint density at radius 2 is 1.68 bits per heavy atom. The van der Waals surface area contributed by atoms with Crippen molar-refractivity contribution < 1.29 is 14.4 Å². The Balaban J connectivity index is 2.23. The molecule has 1 aliphatic rings. The average molecular weight is 294 g/mol. The molecule has 1 heterocycles. The molecule has 1 atom stereocenters. The summed E-state index contributed by atoms with van der Waals surface area (Å²) in [5, 5.41) is 0. The van der Waals surface area contributed by atoms with Crippen LogP contribution in [0.1, 0.15) is 27.4 Å². The van der Waals surface area contributed by atoms with Gasteiger partial charge in [0, 0.05) is 5.56 Å². The largest absolute Gasteiger partial charge is 0.369 e. The Labute approximate surface area is 127 Å². The van der Waals surface area contributed by atoms with Crippen molar-refractivity contribution >= 4 is 23.4 Å². The summed E-state index contributed by atoms with van der Waals surface area (Å²) in [7, 11) is 0. The first kappa shape index (κ1) is 14.0. The summed E-state index contributed by atoms with van der Waals surface area (Å²) in [4.78, 5) is 38.2. The summed E-state index contributed by atoms with van der Waals surface area (Å²) in [6.07, 6.45) is 0. The monoisotopic (exact) mass is 294 g/mol. The van der Waals surface area contributed by atoms with Crippen molar-refractivity contribution in [3.05, 3.63) is 65.2 Å². The van der Waals surface area contributed by atoms with E-state index in [0.29, 0.717) is 16.8 Å². The number of rotatable bonds is 2. The first-order valence-corrected chi connectivity index (χ1v) is 6.84. The number of amides is 3. The van der Waals surface area contributed by atoms with E-state index in [1.165, 1.54) is 0 Å². The van der Waals surface area contributed by atoms with E-state index >= 15 is 0 Å². The highest BCUT2D eigenvalue weighted by Gasteiger charge is 2.42. The lowest BCUT2D eigenvalue weighted by molar-refractivity contribution is -0.128. The number of benzene rings is 2. The van der Waals surface area contributed by atoms with Crippen LogP contribution in [0.2, 0.25) is 0 Å². The van der Waals surface area contributed by atoms with E-state index < -0.39 is 23.6 Å². The van der Waals surface area contributed by atoms with Gasteiger partial charge in [0.25, 0.3) is 11.8 Å². The Morgan fingerprint density at radius 1 is 1.05 bits per heavy atom. The molecule has 0 aromatic heterocycles. The van der Waals surface area contributed by atoms with Gasteiger partial charge < -0.3 is 5.73 Å². The van der Waals surface area contributed by atoms with Gasteiger partial charge in [0.2, 0.25) is 5.91 Å². The molecule has 0 bridgehead atoms. The molecule has 5 nitrogen and oxygen atoms in total. The van der Waals surface area contributed by atoms with Crippen molar-refractivity contribution in [3.63, 3.8) is 0 Å². The second-order valence-corrected chi connectivity index (χ2v) is 5.19. The van der Waals surface area contributed by atoms with Gasteiger partial charge in [-0.3, -0.25) is 14.4 Å². The summed E-state index contributed by atoms with van der Waals surface area (Å²) < 4.78 is 0. The smallest absolute Gasteiger partial charge is 0.265 e. The van der Waals surface area contributed by atoms with Crippen LogP contribution in [0, 0.1) is 6.92 Å². The zero-order valence-corrected chi connectivity index (χ0v) is 11.9. The normalized spacial score (nSPS) is 17.3. The van der Waals surface area contributed by atoms with E-state index in [2.05, 4.69) is 0 Å². The van der Waals surface area contributed by atoms with Crippen molar-refractivity contribution in [2.45, 2.75) is 12.8 Å². The fraction of sp³-hybridized carbons (Fsp3) is 0.118. The first-order chi connectivity index (χ1) is 10.5. The van der Waals surface area contributed by atoms with Crippen LogP contribution in [0.15, 0.2) is 48.5 Å². The topological polar surface area (TPSA) is 80.5 Å². The number of nitrogens with zero attached hydrogens (tertiary/aromatic N) is 1. The molecular formula is C17H14N2O3. The Kier molecular flexibility index (Phi) is 3.25. The zero-order chi connectivity index (χ0) is 15.9. The number of primary amides is 1. The molecular weight excluding hydrogens is 280 g/mol. The van der Waals surface area contributed by atoms with Gasteiger partial charge in [0.05, 0.1) is 5.69 Å². The highest BCUT2D eigenvalue weighted by atomic mass is 16.2. The third-order valence-electron chi connectivity index (χ3n) is 3.81. The number of carbonyl (C=O) groups is 3. The molecule has 1 aliphatic heterocycles. The minimum atomic E-state index is -1.14. The van der Waals surface area contributed by atoms with Gasteiger partial charge in [-0.1, -0.05) is 36.4 Å². The highest BCUT2D eigenvalue weighted by Crippen LogP contribution is 2.33. The van der Waals surface area contributed by atoms with Gasteiger partial charge in [0.1, 0.15) is 5.92 Å². The Morgan fingerprint density at radius 3 is 2.36 bits per heavy atom. The third kappa shape index (κ3) is 1.98. The van der Waals surface area contributed by atoms with Gasteiger partial charge >= 0.3 is 0 Å². The molecule has 0 fully saturated rings. The van der Waals surface area contributed by atoms with Gasteiger partial charge in [-0.25, -0.2) is 4.90 Å². The number of para-hydroxylation sites is 1. The van der Waals surface area contributed by atoms with Crippen LogP contribution in [0.25, 0.3) is 0 Å². The van der Waals surface area contributed by atoms with E-state index in [1.807, 2.05) is 6.07 Å². The molecule has 0 saturated heterocycles. The third-order valence-corrected chi connectivity index (χ3v) is 3.81. The minimum absolute atomic E-state index is 0.328. The van der Waals surface area contributed by atoms with Crippen LogP contribution in [0.3, 0.4) is 0 Å². The SMILES string of the molecule is Cc1ccccc1N1C(=O)c2ccccc2C(C(N)=O)C1=O. The Hall–Kier alpha value is -2.95. The van der Waals surface area contributed by atoms with Crippen molar-refractivity contribution in [2.24, 2.45) is 5.73 Å². The lowest BCUT2D eigenvalue weighted by atomic mass is 9.87. The first-order valence-electron chi connectivity index (χ1n) is 6.84. The number of carbonyl (C=O) groups excluding carboxylic acids is 3. The van der Waals surface area contributed by atoms with E-state index in [0.717, 1.165) is 10.5 Å². The molecule has 0 aliphatic carbocycles. The van der Waals surface area contributed by atoms with Crippen LogP contribution in [0.5, 0.6) is 0 Å². The van der Waals surface area contributed by atoms with Gasteiger partial charge in [-0.15, -0.1) is 0 Å². The van der Waals surface area contributed by atoms with Crippen LogP contribution >= 0.6 is 0 Å². The van der Waals surface area contributed by atoms with Crippen molar-refractivity contribution in [2.75, 3.05) is 4.90 Å². The second-order valence-electron chi connectivity index (χ2n) is 5.19. The molecule has 3 amide bonds. The molecule has 5 heteroatoms. The van der Waals surface area contributed by atoms with E-state index in [9.17, 15) is 14.4 Å². The van der Waals surface area contributed by atoms with Crippen LogP contribution in [-0.2, 0) is 9.59 Å². The van der Waals surface area contributed by atoms with Crippen LogP contribution in [-0.4, -0.2) is 17.7 Å². The molecule has 3 rings (SSSR count). The number of anilines is 1. The zero-order valence-electron chi connectivity index (χ0n) is 11.9. The van der Waals surface area contributed by atoms with Crippen LogP contribution < -0.4 is 10.6 Å². The summed E-state index contributed by atoms with van der Waals surface area (Å²) in [5.74, 6) is -2.95. The molecule has 0 spiro atoms. The molecule has 110 valence electrons. The number of aryl methyl sites for hydroxylation is 1. The van der Waals surface area contributed by atoms with Crippen molar-refractivity contribution in [1.82, 2.24) is 0 Å². The number of imide groups is 1. The highest BCUT2D eigenvalue weighted by molar-refractivity contribution is 6.30. The second kappa shape index (κ2) is 5.11. The van der Waals surface area contributed by atoms with Gasteiger partial charge in [-0.2, -0.15) is 0 Å². The maximum Gasteiger partial charge on any atom is 0.265 e. The fourth-order valence-electron chi connectivity index (χ4n) is 2.74. The van der Waals surface area contributed by atoms with Crippen LogP contribution in [0.4, 0.5) is 5.69 Å². The molecule has 1 unspecified atom stereocenters. The summed E-state index contributed by atoms with van der Waals surface area (Å²) >= 11 is 0.